The van der Waals surface area contributed by atoms with Crippen LogP contribution in [0.15, 0.2) is 30.3 Å². The number of thioether (sulfide) groups is 2. The molecule has 3 heteroatoms. The van der Waals surface area contributed by atoms with E-state index in [1.54, 1.807) is 0 Å². The Bertz CT molecular complexity index is 257. The second-order valence-corrected chi connectivity index (χ2v) is 5.70. The Kier molecular flexibility index (Phi) is 4.22. The van der Waals surface area contributed by atoms with Crippen LogP contribution in [0.4, 0.5) is 0 Å². The van der Waals surface area contributed by atoms with Gasteiger partial charge in [0.25, 0.3) is 0 Å². The zero-order chi connectivity index (χ0) is 9.64. The van der Waals surface area contributed by atoms with Crippen LogP contribution < -0.4 is 0 Å². The van der Waals surface area contributed by atoms with E-state index in [0.717, 1.165) is 18.1 Å². The quantitative estimate of drug-likeness (QED) is 0.784. The minimum atomic E-state index is 0.443. The van der Waals surface area contributed by atoms with Crippen molar-refractivity contribution in [2.45, 2.75) is 12.7 Å². The Balaban J connectivity index is 1.76. The second-order valence-electron chi connectivity index (χ2n) is 3.28. The molecule has 0 saturated carbocycles. The summed E-state index contributed by atoms with van der Waals surface area (Å²) in [5.41, 5.74) is 1.27. The van der Waals surface area contributed by atoms with Gasteiger partial charge in [0.2, 0.25) is 0 Å². The minimum absolute atomic E-state index is 0.443. The topological polar surface area (TPSA) is 9.23 Å². The van der Waals surface area contributed by atoms with Crippen LogP contribution in [0.2, 0.25) is 0 Å². The van der Waals surface area contributed by atoms with Gasteiger partial charge in [-0.05, 0) is 5.56 Å². The van der Waals surface area contributed by atoms with Gasteiger partial charge in [-0.15, -0.1) is 23.5 Å². The summed E-state index contributed by atoms with van der Waals surface area (Å²) in [5.74, 6) is 2.31. The maximum atomic E-state index is 5.83. The highest BCUT2D eigenvalue weighted by Gasteiger charge is 2.13. The normalized spacial score (nSPS) is 18.3. The molecule has 0 aliphatic carbocycles. The van der Waals surface area contributed by atoms with E-state index >= 15 is 0 Å². The summed E-state index contributed by atoms with van der Waals surface area (Å²) in [6.07, 6.45) is 0.443. The zero-order valence-electron chi connectivity index (χ0n) is 8.02. The molecular formula is C11H14OS2. The van der Waals surface area contributed by atoms with Crippen LogP contribution in [0.25, 0.3) is 0 Å². The molecule has 1 aliphatic heterocycles. The molecule has 1 heterocycles. The summed E-state index contributed by atoms with van der Waals surface area (Å²) in [7, 11) is 0. The van der Waals surface area contributed by atoms with Gasteiger partial charge < -0.3 is 4.74 Å². The van der Waals surface area contributed by atoms with Crippen LogP contribution in [-0.4, -0.2) is 22.7 Å². The number of ether oxygens (including phenoxy) is 1. The van der Waals surface area contributed by atoms with Gasteiger partial charge in [-0.2, -0.15) is 0 Å². The summed E-state index contributed by atoms with van der Waals surface area (Å²) in [6.45, 7) is 0.757. The van der Waals surface area contributed by atoms with Gasteiger partial charge in [-0.3, -0.25) is 0 Å². The molecule has 2 rings (SSSR count). The predicted octanol–water partition coefficient (Wildman–Crippen LogP) is 3.01. The van der Waals surface area contributed by atoms with E-state index in [1.807, 2.05) is 29.6 Å². The fraction of sp³-hybridized carbons (Fsp3) is 0.455. The lowest BCUT2D eigenvalue weighted by Crippen LogP contribution is -2.22. The Morgan fingerprint density at radius 3 is 2.57 bits per heavy atom. The van der Waals surface area contributed by atoms with Gasteiger partial charge in [0.1, 0.15) is 0 Å². The third-order valence-corrected chi connectivity index (χ3v) is 4.65. The first kappa shape index (κ1) is 10.4. The van der Waals surface area contributed by atoms with Gasteiger partial charge >= 0.3 is 0 Å². The third-order valence-electron chi connectivity index (χ3n) is 2.10. The minimum Gasteiger partial charge on any atom is -0.372 e. The van der Waals surface area contributed by atoms with Crippen LogP contribution >= 0.6 is 23.5 Å². The van der Waals surface area contributed by atoms with Crippen molar-refractivity contribution >= 4 is 23.5 Å². The van der Waals surface area contributed by atoms with Crippen molar-refractivity contribution < 1.29 is 4.74 Å². The highest BCUT2D eigenvalue weighted by atomic mass is 32.2. The molecule has 0 aromatic heterocycles. The van der Waals surface area contributed by atoms with Gasteiger partial charge in [0.15, 0.2) is 0 Å². The summed E-state index contributed by atoms with van der Waals surface area (Å²) in [4.78, 5) is 0. The van der Waals surface area contributed by atoms with E-state index in [4.69, 9.17) is 4.74 Å². The smallest absolute Gasteiger partial charge is 0.0760 e. The molecule has 0 atom stereocenters. The maximum Gasteiger partial charge on any atom is 0.0760 e. The molecule has 0 amide bonds. The van der Waals surface area contributed by atoms with Gasteiger partial charge in [0.05, 0.1) is 12.7 Å². The molecule has 14 heavy (non-hydrogen) atoms. The average Bonchev–Trinajstić information content (AvgIpc) is 2.29. The van der Waals surface area contributed by atoms with E-state index < -0.39 is 0 Å². The molecule has 0 radical (unpaired) electrons. The molecule has 1 aromatic carbocycles. The van der Waals surface area contributed by atoms with Crippen LogP contribution in [0, 0.1) is 0 Å². The lowest BCUT2D eigenvalue weighted by Gasteiger charge is -2.21. The zero-order valence-corrected chi connectivity index (χ0v) is 9.65. The Labute approximate surface area is 93.6 Å². The average molecular weight is 226 g/mol. The monoisotopic (exact) mass is 226 g/mol. The lowest BCUT2D eigenvalue weighted by atomic mass is 10.2. The molecule has 1 saturated heterocycles. The maximum absolute atomic E-state index is 5.83. The molecule has 0 bridgehead atoms. The largest absolute Gasteiger partial charge is 0.372 e. The third kappa shape index (κ3) is 3.23. The Hall–Kier alpha value is -0.120. The van der Waals surface area contributed by atoms with E-state index in [9.17, 15) is 0 Å². The first-order chi connectivity index (χ1) is 6.95. The standard InChI is InChI=1S/C11H14OS2/c1-2-4-10(5-3-1)6-12-11-7-13-9-14-8-11/h1-5,11H,6-9H2. The molecule has 1 nitrogen and oxygen atoms in total. The highest BCUT2D eigenvalue weighted by Crippen LogP contribution is 2.23. The Morgan fingerprint density at radius 1 is 1.14 bits per heavy atom. The van der Waals surface area contributed by atoms with Gasteiger partial charge in [-0.1, -0.05) is 30.3 Å². The van der Waals surface area contributed by atoms with Crippen molar-refractivity contribution in [2.75, 3.05) is 16.6 Å². The van der Waals surface area contributed by atoms with Gasteiger partial charge in [0, 0.05) is 16.6 Å². The number of hydrogen-bond acceptors (Lipinski definition) is 3. The summed E-state index contributed by atoms with van der Waals surface area (Å²) in [5, 5.41) is 1.23. The van der Waals surface area contributed by atoms with Crippen LogP contribution in [0.1, 0.15) is 5.56 Å². The number of rotatable bonds is 3. The first-order valence-electron chi connectivity index (χ1n) is 4.76. The summed E-state index contributed by atoms with van der Waals surface area (Å²) >= 11 is 3.95. The Morgan fingerprint density at radius 2 is 1.86 bits per heavy atom. The van der Waals surface area contributed by atoms with Crippen molar-refractivity contribution in [1.29, 1.82) is 0 Å². The molecule has 76 valence electrons. The predicted molar refractivity (Wildman–Crippen MR) is 64.8 cm³/mol. The van der Waals surface area contributed by atoms with Crippen molar-refractivity contribution in [1.82, 2.24) is 0 Å². The van der Waals surface area contributed by atoms with Gasteiger partial charge in [-0.25, -0.2) is 0 Å². The molecule has 1 aromatic rings. The van der Waals surface area contributed by atoms with E-state index in [2.05, 4.69) is 24.3 Å². The number of hydrogen-bond donors (Lipinski definition) is 0. The van der Waals surface area contributed by atoms with Crippen molar-refractivity contribution in [3.8, 4) is 0 Å². The molecule has 0 N–H and O–H groups in total. The molecule has 1 aliphatic rings. The molecule has 1 fully saturated rings. The second kappa shape index (κ2) is 5.69. The van der Waals surface area contributed by atoms with E-state index in [-0.39, 0.29) is 0 Å². The fourth-order valence-corrected chi connectivity index (χ4v) is 3.70. The van der Waals surface area contributed by atoms with Crippen LogP contribution in [0.5, 0.6) is 0 Å². The molecular weight excluding hydrogens is 212 g/mol. The van der Waals surface area contributed by atoms with E-state index in [0.29, 0.717) is 6.10 Å². The van der Waals surface area contributed by atoms with Crippen molar-refractivity contribution in [3.63, 3.8) is 0 Å². The van der Waals surface area contributed by atoms with Crippen LogP contribution in [-0.2, 0) is 11.3 Å². The molecule has 0 spiro atoms. The van der Waals surface area contributed by atoms with Crippen LogP contribution in [0.3, 0.4) is 0 Å². The van der Waals surface area contributed by atoms with E-state index in [1.165, 1.54) is 10.6 Å². The fourth-order valence-electron chi connectivity index (χ4n) is 1.35. The SMILES string of the molecule is c1ccc(COC2CSCSC2)cc1. The summed E-state index contributed by atoms with van der Waals surface area (Å²) in [6, 6.07) is 10.4. The van der Waals surface area contributed by atoms with Crippen molar-refractivity contribution in [2.24, 2.45) is 0 Å². The number of benzene rings is 1. The lowest BCUT2D eigenvalue weighted by molar-refractivity contribution is 0.0715. The summed E-state index contributed by atoms with van der Waals surface area (Å²) < 4.78 is 5.83. The molecule has 0 unspecified atom stereocenters. The highest BCUT2D eigenvalue weighted by molar-refractivity contribution is 8.16. The first-order valence-corrected chi connectivity index (χ1v) is 7.07. The van der Waals surface area contributed by atoms with Crippen molar-refractivity contribution in [3.05, 3.63) is 35.9 Å².